The molecule has 0 aliphatic carbocycles. The molecular formula is C20H14Cl2N2. The van der Waals surface area contributed by atoms with Gasteiger partial charge in [-0.3, -0.25) is 0 Å². The summed E-state index contributed by atoms with van der Waals surface area (Å²) in [5.74, 6) is 0. The van der Waals surface area contributed by atoms with Crippen molar-refractivity contribution in [3.05, 3.63) is 58.6 Å². The van der Waals surface area contributed by atoms with Gasteiger partial charge in [-0.15, -0.1) is 0 Å². The molecule has 0 bridgehead atoms. The average Bonchev–Trinajstić information content (AvgIpc) is 2.99. The largest absolute Gasteiger partial charge is 0.344 e. The summed E-state index contributed by atoms with van der Waals surface area (Å²) in [5, 5.41) is 6.34. The standard InChI is InChI=1S/C20H14Cl2N2/c1-23-17-5-3-11(21)7-13(17)15-10-20-16(9-19(15)23)14-8-12(22)4-6-18(14)24(20)2/h3-10H,1-2H3. The van der Waals surface area contributed by atoms with Crippen LogP contribution in [0.5, 0.6) is 0 Å². The third-order valence-electron chi connectivity index (χ3n) is 5.06. The Hall–Kier alpha value is -2.16. The lowest BCUT2D eigenvalue weighted by Crippen LogP contribution is -1.87. The van der Waals surface area contributed by atoms with Crippen LogP contribution >= 0.6 is 23.2 Å². The average molecular weight is 353 g/mol. The maximum Gasteiger partial charge on any atom is 0.0496 e. The van der Waals surface area contributed by atoms with E-state index in [-0.39, 0.29) is 0 Å². The third-order valence-corrected chi connectivity index (χ3v) is 5.53. The molecule has 0 N–H and O–H groups in total. The van der Waals surface area contributed by atoms with Gasteiger partial charge < -0.3 is 9.13 Å². The van der Waals surface area contributed by atoms with E-state index in [1.54, 1.807) is 0 Å². The van der Waals surface area contributed by atoms with Crippen LogP contribution in [0.2, 0.25) is 10.0 Å². The maximum absolute atomic E-state index is 6.23. The number of aromatic nitrogens is 2. The Morgan fingerprint density at radius 1 is 0.542 bits per heavy atom. The van der Waals surface area contributed by atoms with E-state index in [0.717, 1.165) is 10.0 Å². The van der Waals surface area contributed by atoms with Crippen molar-refractivity contribution in [3.8, 4) is 0 Å². The van der Waals surface area contributed by atoms with Crippen LogP contribution in [0.15, 0.2) is 48.5 Å². The molecule has 2 heterocycles. The van der Waals surface area contributed by atoms with E-state index in [4.69, 9.17) is 23.2 Å². The molecule has 0 radical (unpaired) electrons. The van der Waals surface area contributed by atoms with Gasteiger partial charge in [0.15, 0.2) is 0 Å². The minimum absolute atomic E-state index is 0.763. The molecule has 0 aliphatic rings. The number of nitrogens with zero attached hydrogens (tertiary/aromatic N) is 2. The second kappa shape index (κ2) is 4.69. The summed E-state index contributed by atoms with van der Waals surface area (Å²) < 4.78 is 4.45. The Morgan fingerprint density at radius 2 is 0.917 bits per heavy atom. The van der Waals surface area contributed by atoms with Crippen molar-refractivity contribution >= 4 is 66.8 Å². The molecule has 0 atom stereocenters. The first-order valence-electron chi connectivity index (χ1n) is 7.80. The number of hydrogen-bond acceptors (Lipinski definition) is 0. The van der Waals surface area contributed by atoms with E-state index in [9.17, 15) is 0 Å². The monoisotopic (exact) mass is 352 g/mol. The predicted molar refractivity (Wildman–Crippen MR) is 104 cm³/mol. The van der Waals surface area contributed by atoms with Crippen LogP contribution in [-0.2, 0) is 14.1 Å². The van der Waals surface area contributed by atoms with Crippen molar-refractivity contribution in [3.63, 3.8) is 0 Å². The summed E-state index contributed by atoms with van der Waals surface area (Å²) in [6, 6.07) is 16.7. The number of aryl methyl sites for hydroxylation is 2. The smallest absolute Gasteiger partial charge is 0.0496 e. The van der Waals surface area contributed by atoms with Crippen molar-refractivity contribution in [2.24, 2.45) is 14.1 Å². The molecule has 2 nitrogen and oxygen atoms in total. The van der Waals surface area contributed by atoms with Crippen molar-refractivity contribution in [2.75, 3.05) is 0 Å². The minimum Gasteiger partial charge on any atom is -0.344 e. The van der Waals surface area contributed by atoms with Gasteiger partial charge in [0, 0.05) is 67.8 Å². The molecule has 0 saturated heterocycles. The van der Waals surface area contributed by atoms with Gasteiger partial charge in [0.1, 0.15) is 0 Å². The molecule has 3 aromatic carbocycles. The highest BCUT2D eigenvalue weighted by Gasteiger charge is 2.14. The van der Waals surface area contributed by atoms with Gasteiger partial charge in [-0.1, -0.05) is 23.2 Å². The zero-order chi connectivity index (χ0) is 16.6. The Kier molecular flexibility index (Phi) is 2.77. The fraction of sp³-hybridized carbons (Fsp3) is 0.100. The molecule has 0 fully saturated rings. The Balaban J connectivity index is 2.06. The van der Waals surface area contributed by atoms with Gasteiger partial charge in [0.25, 0.3) is 0 Å². The lowest BCUT2D eigenvalue weighted by molar-refractivity contribution is 1.01. The van der Waals surface area contributed by atoms with E-state index in [2.05, 4.69) is 47.5 Å². The molecule has 0 spiro atoms. The van der Waals surface area contributed by atoms with Gasteiger partial charge >= 0.3 is 0 Å². The van der Waals surface area contributed by atoms with Crippen molar-refractivity contribution < 1.29 is 0 Å². The minimum atomic E-state index is 0.763. The highest BCUT2D eigenvalue weighted by Crippen LogP contribution is 2.37. The van der Waals surface area contributed by atoms with Crippen LogP contribution < -0.4 is 0 Å². The lowest BCUT2D eigenvalue weighted by Gasteiger charge is -2.00. The van der Waals surface area contributed by atoms with Crippen LogP contribution in [0.25, 0.3) is 43.6 Å². The lowest BCUT2D eigenvalue weighted by atomic mass is 10.1. The molecule has 5 rings (SSSR count). The first kappa shape index (κ1) is 14.2. The number of hydrogen-bond donors (Lipinski definition) is 0. The molecule has 24 heavy (non-hydrogen) atoms. The van der Waals surface area contributed by atoms with Crippen LogP contribution in [0.3, 0.4) is 0 Å². The van der Waals surface area contributed by atoms with E-state index in [1.165, 1.54) is 43.6 Å². The van der Waals surface area contributed by atoms with E-state index in [0.29, 0.717) is 0 Å². The number of halogens is 2. The Bertz CT molecular complexity index is 1190. The summed E-state index contributed by atoms with van der Waals surface area (Å²) in [4.78, 5) is 0. The van der Waals surface area contributed by atoms with Crippen molar-refractivity contribution in [2.45, 2.75) is 0 Å². The molecule has 118 valence electrons. The number of rotatable bonds is 0. The van der Waals surface area contributed by atoms with E-state index in [1.807, 2.05) is 24.3 Å². The highest BCUT2D eigenvalue weighted by atomic mass is 35.5. The van der Waals surface area contributed by atoms with Gasteiger partial charge in [-0.25, -0.2) is 0 Å². The summed E-state index contributed by atoms with van der Waals surface area (Å²) in [6.45, 7) is 0. The van der Waals surface area contributed by atoms with E-state index >= 15 is 0 Å². The molecule has 5 aromatic rings. The molecule has 0 saturated carbocycles. The second-order valence-corrected chi connectivity index (χ2v) is 7.20. The van der Waals surface area contributed by atoms with Gasteiger partial charge in [0.05, 0.1) is 0 Å². The summed E-state index contributed by atoms with van der Waals surface area (Å²) in [7, 11) is 4.20. The van der Waals surface area contributed by atoms with Crippen LogP contribution in [0, 0.1) is 0 Å². The predicted octanol–water partition coefficient (Wildman–Crippen LogP) is 6.28. The fourth-order valence-electron chi connectivity index (χ4n) is 3.86. The van der Waals surface area contributed by atoms with Gasteiger partial charge in [-0.05, 0) is 48.5 Å². The molecule has 0 amide bonds. The Morgan fingerprint density at radius 3 is 1.33 bits per heavy atom. The zero-order valence-electron chi connectivity index (χ0n) is 13.3. The maximum atomic E-state index is 6.23. The van der Waals surface area contributed by atoms with Crippen LogP contribution in [0.1, 0.15) is 0 Å². The molecular weight excluding hydrogens is 339 g/mol. The number of fused-ring (bicyclic) bond motifs is 6. The highest BCUT2D eigenvalue weighted by molar-refractivity contribution is 6.32. The SMILES string of the molecule is Cn1c2ccc(Cl)cc2c2cc3c(cc21)c1cc(Cl)ccc1n3C. The topological polar surface area (TPSA) is 9.86 Å². The summed E-state index contributed by atoms with van der Waals surface area (Å²) in [6.07, 6.45) is 0. The first-order chi connectivity index (χ1) is 11.5. The number of benzene rings is 3. The normalized spacial score (nSPS) is 12.2. The molecule has 4 heteroatoms. The van der Waals surface area contributed by atoms with Crippen LogP contribution in [0.4, 0.5) is 0 Å². The second-order valence-electron chi connectivity index (χ2n) is 6.33. The molecule has 2 aromatic heterocycles. The fourth-order valence-corrected chi connectivity index (χ4v) is 4.20. The summed E-state index contributed by atoms with van der Waals surface area (Å²) >= 11 is 12.5. The van der Waals surface area contributed by atoms with Crippen LogP contribution in [-0.4, -0.2) is 9.13 Å². The van der Waals surface area contributed by atoms with Crippen molar-refractivity contribution in [1.82, 2.24) is 9.13 Å². The van der Waals surface area contributed by atoms with Gasteiger partial charge in [-0.2, -0.15) is 0 Å². The quantitative estimate of drug-likeness (QED) is 0.310. The third kappa shape index (κ3) is 1.73. The summed E-state index contributed by atoms with van der Waals surface area (Å²) in [5.41, 5.74) is 4.78. The van der Waals surface area contributed by atoms with E-state index < -0.39 is 0 Å². The molecule has 0 aliphatic heterocycles. The molecule has 0 unspecified atom stereocenters. The first-order valence-corrected chi connectivity index (χ1v) is 8.55. The van der Waals surface area contributed by atoms with Crippen molar-refractivity contribution in [1.29, 1.82) is 0 Å². The zero-order valence-corrected chi connectivity index (χ0v) is 14.8. The Labute approximate surface area is 148 Å². The van der Waals surface area contributed by atoms with Gasteiger partial charge in [0.2, 0.25) is 0 Å².